The standard InChI is InChI=1S/C58H57N7S2.2ClHO4/c1-56(2)43-28-16-19-31-46(43)61(7)49(56)34-22-36-52-64(40-24-12-10-13-25-40)59-54(66-52)42(38-39-51-58(5,6)45-30-18-21-33-48(45)63(51)9)55-60-65(41-26-14-11-15-27-41)53(67-55)37-23-35-50-57(3,4)44-29-17-20-32-47(44)62(50)8;2*2-1(3,4)5/h10-39H,1-9H3;2*(H,2,3,4,5)/q+2;;/p-2/b51-39-;;. The topological polar surface area (TPSA) is 228 Å². The van der Waals surface area contributed by atoms with Crippen LogP contribution in [0, 0.1) is 20.5 Å². The number of hydrogen-bond donors (Lipinski definition) is 0. The van der Waals surface area contributed by atoms with Crippen molar-refractivity contribution in [3.63, 3.8) is 0 Å². The van der Waals surface area contributed by atoms with Crippen LogP contribution >= 0.6 is 22.7 Å². The highest BCUT2D eigenvalue weighted by Crippen LogP contribution is 2.49. The largest absolute Gasteiger partial charge is 0.347 e. The van der Waals surface area contributed by atoms with Gasteiger partial charge in [0, 0.05) is 118 Å². The molecule has 3 aliphatic rings. The predicted octanol–water partition coefficient (Wildman–Crippen LogP) is 3.03. The van der Waals surface area contributed by atoms with E-state index in [1.807, 2.05) is 0 Å². The Morgan fingerprint density at radius 2 is 0.727 bits per heavy atom. The van der Waals surface area contributed by atoms with Gasteiger partial charge in [-0.15, -0.1) is 20.5 Å². The van der Waals surface area contributed by atoms with Crippen LogP contribution in [-0.4, -0.2) is 31.3 Å². The molecule has 0 unspecified atom stereocenters. The molecule has 7 aromatic rings. The summed E-state index contributed by atoms with van der Waals surface area (Å²) in [6.45, 7) is 13.8. The first-order valence-electron chi connectivity index (χ1n) is 24.2. The lowest BCUT2D eigenvalue weighted by molar-refractivity contribution is -2.00. The lowest BCUT2D eigenvalue weighted by Crippen LogP contribution is -2.68. The van der Waals surface area contributed by atoms with Gasteiger partial charge in [0.1, 0.15) is 0 Å². The molecular formula is C58H57Cl2N7O8S2. The molecule has 0 saturated heterocycles. The second-order valence-corrected chi connectivity index (χ2v) is 23.3. The summed E-state index contributed by atoms with van der Waals surface area (Å²) in [6, 6.07) is 47.0. The molecule has 398 valence electrons. The summed E-state index contributed by atoms with van der Waals surface area (Å²) in [5.41, 5.74) is 13.8. The van der Waals surface area contributed by atoms with Crippen molar-refractivity contribution in [1.29, 1.82) is 0 Å². The molecule has 0 spiro atoms. The number of likely N-dealkylation sites (N-methyl/N-ethyl adjacent to an activating group) is 3. The third-order valence-electron chi connectivity index (χ3n) is 13.9. The van der Waals surface area contributed by atoms with Crippen LogP contribution in [0.4, 0.5) is 17.1 Å². The number of rotatable bonds is 9. The number of allylic oxidation sites excluding steroid dienone is 9. The fraction of sp³-hybridized carbons (Fsp3) is 0.207. The average Bonchev–Trinajstić information content (AvgIpc) is 4.18. The lowest BCUT2D eigenvalue weighted by atomic mass is 9.83. The van der Waals surface area contributed by atoms with Gasteiger partial charge in [-0.3, -0.25) is 0 Å². The molecule has 0 N–H and O–H groups in total. The Bertz CT molecular complexity index is 3270. The van der Waals surface area contributed by atoms with Crippen LogP contribution in [0.5, 0.6) is 0 Å². The van der Waals surface area contributed by atoms with Gasteiger partial charge in [0.2, 0.25) is 21.4 Å². The van der Waals surface area contributed by atoms with Crippen LogP contribution in [0.1, 0.15) is 78.3 Å². The third-order valence-corrected chi connectivity index (χ3v) is 15.9. The molecule has 2 aromatic heterocycles. The zero-order valence-electron chi connectivity index (χ0n) is 43.8. The fourth-order valence-corrected chi connectivity index (χ4v) is 12.3. The summed E-state index contributed by atoms with van der Waals surface area (Å²) >= 11 is 3.35. The van der Waals surface area contributed by atoms with Crippen LogP contribution in [0.25, 0.3) is 29.1 Å². The van der Waals surface area contributed by atoms with Gasteiger partial charge in [-0.25, -0.2) is 37.3 Å². The van der Waals surface area contributed by atoms with Gasteiger partial charge in [-0.1, -0.05) is 145 Å². The number of hydrogen-bond acceptors (Lipinski definition) is 15. The molecule has 19 heteroatoms. The summed E-state index contributed by atoms with van der Waals surface area (Å²) in [4.78, 5) is 6.95. The van der Waals surface area contributed by atoms with Crippen molar-refractivity contribution in [2.75, 3.05) is 35.8 Å². The Labute approximate surface area is 460 Å². The van der Waals surface area contributed by atoms with E-state index in [4.69, 9.17) is 47.5 Å². The van der Waals surface area contributed by atoms with Gasteiger partial charge in [-0.05, 0) is 91.2 Å². The Morgan fingerprint density at radius 3 is 1.04 bits per heavy atom. The zero-order valence-corrected chi connectivity index (χ0v) is 46.9. The minimum Gasteiger partial charge on any atom is -0.347 e. The SMILES string of the molecule is CN1/C(=C\C=C(c2n[n+](-c3ccccc3)c(/C=C/C=C3/N(C)c4ccccc4C3(C)C)s2)c2n[n+](-c3ccccc3)c(/C=C/C=C3/N(C)c4ccccc4C3(C)C)s2)C(C)(C)c2ccccc21.[O-][Cl+3]([O-])([O-])[O-].[O-][Cl+3]([O-])([O-])[O-]. The van der Waals surface area contributed by atoms with Crippen molar-refractivity contribution in [3.05, 3.63) is 224 Å². The maximum Gasteiger partial charge on any atom is 0.296 e. The molecular weight excluding hydrogens is 1060 g/mol. The van der Waals surface area contributed by atoms with Crippen molar-refractivity contribution in [1.82, 2.24) is 10.2 Å². The zero-order chi connectivity index (χ0) is 55.7. The second-order valence-electron chi connectivity index (χ2n) is 19.8. The number of benzene rings is 5. The molecule has 0 aliphatic carbocycles. The summed E-state index contributed by atoms with van der Waals surface area (Å²) in [6.07, 6.45) is 17.8. The smallest absolute Gasteiger partial charge is 0.296 e. The molecule has 15 nitrogen and oxygen atoms in total. The Kier molecular flexibility index (Phi) is 16.4. The van der Waals surface area contributed by atoms with Crippen LogP contribution in [0.3, 0.4) is 0 Å². The van der Waals surface area contributed by atoms with E-state index in [9.17, 15) is 0 Å². The van der Waals surface area contributed by atoms with Crippen LogP contribution < -0.4 is 61.3 Å². The summed E-state index contributed by atoms with van der Waals surface area (Å²) in [5, 5.41) is 14.7. The first-order valence-corrected chi connectivity index (χ1v) is 28.3. The fourth-order valence-electron chi connectivity index (χ4n) is 10.3. The molecule has 77 heavy (non-hydrogen) atoms. The highest BCUT2D eigenvalue weighted by molar-refractivity contribution is 7.15. The average molecular weight is 1120 g/mol. The van der Waals surface area contributed by atoms with Gasteiger partial charge in [0.25, 0.3) is 10.0 Å². The monoisotopic (exact) mass is 1110 g/mol. The molecule has 10 rings (SSSR count). The number of fused-ring (bicyclic) bond motifs is 3. The van der Waals surface area contributed by atoms with Crippen molar-refractivity contribution in [3.8, 4) is 11.4 Å². The second kappa shape index (κ2) is 22.4. The number of nitrogens with zero attached hydrogens (tertiary/aromatic N) is 7. The molecule has 3 aliphatic heterocycles. The lowest BCUT2D eigenvalue weighted by Gasteiger charge is -2.23. The molecule has 0 saturated carbocycles. The molecule has 0 amide bonds. The van der Waals surface area contributed by atoms with E-state index in [1.54, 1.807) is 22.7 Å². The van der Waals surface area contributed by atoms with Gasteiger partial charge < -0.3 is 14.7 Å². The van der Waals surface area contributed by atoms with Crippen LogP contribution in [0.2, 0.25) is 0 Å². The van der Waals surface area contributed by atoms with E-state index < -0.39 is 20.5 Å². The Hall–Kier alpha value is -6.68. The number of halogens is 2. The van der Waals surface area contributed by atoms with Crippen molar-refractivity contribution in [2.45, 2.75) is 57.8 Å². The highest BCUT2D eigenvalue weighted by Gasteiger charge is 2.40. The minimum atomic E-state index is -4.94. The Morgan fingerprint density at radius 1 is 0.442 bits per heavy atom. The van der Waals surface area contributed by atoms with Gasteiger partial charge in [0.15, 0.2) is 0 Å². The van der Waals surface area contributed by atoms with Gasteiger partial charge >= 0.3 is 0 Å². The molecule has 5 aromatic carbocycles. The van der Waals surface area contributed by atoms with E-state index in [-0.39, 0.29) is 16.2 Å². The van der Waals surface area contributed by atoms with Crippen LogP contribution in [-0.2, 0) is 16.2 Å². The van der Waals surface area contributed by atoms with E-state index in [0.29, 0.717) is 0 Å². The van der Waals surface area contributed by atoms with Gasteiger partial charge in [-0.2, -0.15) is 0 Å². The number of anilines is 3. The van der Waals surface area contributed by atoms with E-state index in [1.165, 1.54) is 50.8 Å². The van der Waals surface area contributed by atoms with E-state index >= 15 is 0 Å². The molecule has 5 heterocycles. The first kappa shape index (κ1) is 56.5. The summed E-state index contributed by atoms with van der Waals surface area (Å²) < 4.78 is 72.1. The Balaban J connectivity index is 0.000000720. The third kappa shape index (κ3) is 12.4. The number of para-hydroxylation sites is 5. The summed E-state index contributed by atoms with van der Waals surface area (Å²) in [5.74, 6) is 0. The maximum atomic E-state index is 8.49. The molecule has 0 fully saturated rings. The van der Waals surface area contributed by atoms with E-state index in [0.717, 1.165) is 37.0 Å². The summed E-state index contributed by atoms with van der Waals surface area (Å²) in [7, 11) is -3.39. The van der Waals surface area contributed by atoms with Crippen LogP contribution in [0.15, 0.2) is 187 Å². The molecule has 0 atom stereocenters. The maximum absolute atomic E-state index is 8.49. The van der Waals surface area contributed by atoms with Crippen molar-refractivity contribution >= 4 is 57.5 Å². The highest BCUT2D eigenvalue weighted by atomic mass is 35.7. The molecule has 0 bridgehead atoms. The normalized spacial score (nSPS) is 17.6. The van der Waals surface area contributed by atoms with Gasteiger partial charge in [0.05, 0.1) is 5.57 Å². The number of aromatic nitrogens is 4. The first-order chi connectivity index (χ1) is 36.3. The molecule has 0 radical (unpaired) electrons. The van der Waals surface area contributed by atoms with E-state index in [2.05, 4.69) is 269 Å². The van der Waals surface area contributed by atoms with Crippen molar-refractivity contribution in [2.24, 2.45) is 0 Å². The van der Waals surface area contributed by atoms with Crippen molar-refractivity contribution < 1.29 is 67.1 Å². The predicted molar refractivity (Wildman–Crippen MR) is 280 cm³/mol. The minimum absolute atomic E-state index is 0.135. The quantitative estimate of drug-likeness (QED) is 0.190.